The van der Waals surface area contributed by atoms with Gasteiger partial charge in [0.05, 0.1) is 40.9 Å². The number of rotatable bonds is 29. The van der Waals surface area contributed by atoms with Crippen LogP contribution in [0.2, 0.25) is 0 Å². The van der Waals surface area contributed by atoms with Gasteiger partial charge in [0.15, 0.2) is 0 Å². The van der Waals surface area contributed by atoms with Gasteiger partial charge in [-0.3, -0.25) is 13.8 Å². The maximum Gasteiger partial charge on any atom is 0.472 e. The molecule has 0 amide bonds. The first-order chi connectivity index (χ1) is 18.1. The number of hydrogen-bond donors (Lipinski definition) is 1. The molecule has 0 fully saturated rings. The van der Waals surface area contributed by atoms with Gasteiger partial charge in [-0.2, -0.15) is 0 Å². The summed E-state index contributed by atoms with van der Waals surface area (Å²) in [6.07, 6.45) is 24.7. The largest absolute Gasteiger partial charge is 0.472 e. The third kappa shape index (κ3) is 27.3. The van der Waals surface area contributed by atoms with Crippen molar-refractivity contribution in [1.82, 2.24) is 0 Å². The van der Waals surface area contributed by atoms with E-state index in [1.807, 2.05) is 6.92 Å². The SMILES string of the molecule is CCCCCCCCCCCCCCCCCCC(COP(=O)(O)OCCC[N+](C)(C)C)CC(=O)CCC. The Kier molecular flexibility index (Phi) is 24.4. The number of phosphoric acid groups is 1. The molecule has 0 rings (SSSR count). The van der Waals surface area contributed by atoms with Crippen LogP contribution in [0.15, 0.2) is 0 Å². The van der Waals surface area contributed by atoms with E-state index >= 15 is 0 Å². The van der Waals surface area contributed by atoms with Gasteiger partial charge >= 0.3 is 7.82 Å². The summed E-state index contributed by atoms with van der Waals surface area (Å²) >= 11 is 0. The number of ketones is 1. The highest BCUT2D eigenvalue weighted by Crippen LogP contribution is 2.44. The van der Waals surface area contributed by atoms with Crippen molar-refractivity contribution in [2.45, 2.75) is 149 Å². The monoisotopic (exact) mass is 562 g/mol. The molecule has 0 bridgehead atoms. The van der Waals surface area contributed by atoms with E-state index in [4.69, 9.17) is 9.05 Å². The van der Waals surface area contributed by atoms with Crippen molar-refractivity contribution < 1.29 is 27.8 Å². The molecule has 0 spiro atoms. The first-order valence-electron chi connectivity index (χ1n) is 16.0. The lowest BCUT2D eigenvalue weighted by atomic mass is 9.94. The molecule has 0 heterocycles. The number of unbranched alkanes of at least 4 members (excludes halogenated alkanes) is 15. The molecular formula is C31H65NO5P+. The summed E-state index contributed by atoms with van der Waals surface area (Å²) in [5, 5.41) is 0. The molecule has 0 aromatic rings. The van der Waals surface area contributed by atoms with Crippen LogP contribution < -0.4 is 0 Å². The Labute approximate surface area is 236 Å². The molecule has 0 aromatic heterocycles. The number of phosphoric ester groups is 1. The van der Waals surface area contributed by atoms with Crippen LogP contribution in [0, 0.1) is 5.92 Å². The second-order valence-electron chi connectivity index (χ2n) is 12.4. The van der Waals surface area contributed by atoms with Gasteiger partial charge in [0.1, 0.15) is 5.78 Å². The molecule has 0 saturated heterocycles. The molecule has 2 unspecified atom stereocenters. The van der Waals surface area contributed by atoms with Crippen LogP contribution in [0.1, 0.15) is 149 Å². The van der Waals surface area contributed by atoms with E-state index in [-0.39, 0.29) is 24.9 Å². The summed E-state index contributed by atoms with van der Waals surface area (Å²) in [6, 6.07) is 0. The van der Waals surface area contributed by atoms with Crippen LogP contribution in [0.5, 0.6) is 0 Å². The van der Waals surface area contributed by atoms with Crippen molar-refractivity contribution in [3.05, 3.63) is 0 Å². The average Bonchev–Trinajstić information content (AvgIpc) is 2.84. The fourth-order valence-corrected chi connectivity index (χ4v) is 5.72. The molecule has 7 heteroatoms. The molecule has 0 saturated carbocycles. The van der Waals surface area contributed by atoms with E-state index in [0.717, 1.165) is 36.7 Å². The third-order valence-electron chi connectivity index (χ3n) is 7.21. The van der Waals surface area contributed by atoms with Gasteiger partial charge in [-0.25, -0.2) is 4.57 Å². The topological polar surface area (TPSA) is 72.8 Å². The maximum absolute atomic E-state index is 12.3. The van der Waals surface area contributed by atoms with Crippen molar-refractivity contribution in [3.8, 4) is 0 Å². The number of carbonyl (C=O) groups excluding carboxylic acids is 1. The highest BCUT2D eigenvalue weighted by molar-refractivity contribution is 7.47. The van der Waals surface area contributed by atoms with Crippen molar-refractivity contribution >= 4 is 13.6 Å². The number of hydrogen-bond acceptors (Lipinski definition) is 4. The second-order valence-corrected chi connectivity index (χ2v) is 13.9. The molecule has 2 atom stereocenters. The summed E-state index contributed by atoms with van der Waals surface area (Å²) in [5.41, 5.74) is 0. The molecule has 6 nitrogen and oxygen atoms in total. The Balaban J connectivity index is 3.98. The van der Waals surface area contributed by atoms with Crippen LogP contribution in [0.3, 0.4) is 0 Å². The van der Waals surface area contributed by atoms with E-state index in [1.165, 1.54) is 89.9 Å². The molecule has 228 valence electrons. The predicted molar refractivity (Wildman–Crippen MR) is 161 cm³/mol. The first kappa shape index (κ1) is 37.7. The van der Waals surface area contributed by atoms with Gasteiger partial charge in [-0.1, -0.05) is 117 Å². The fourth-order valence-electron chi connectivity index (χ4n) is 4.88. The summed E-state index contributed by atoms with van der Waals surface area (Å²) in [7, 11) is 2.14. The Morgan fingerprint density at radius 1 is 0.711 bits per heavy atom. The van der Waals surface area contributed by atoms with E-state index in [9.17, 15) is 14.3 Å². The first-order valence-corrected chi connectivity index (χ1v) is 17.5. The van der Waals surface area contributed by atoms with Crippen molar-refractivity contribution in [3.63, 3.8) is 0 Å². The smallest absolute Gasteiger partial charge is 0.331 e. The van der Waals surface area contributed by atoms with Crippen LogP contribution in [-0.2, 0) is 18.4 Å². The van der Waals surface area contributed by atoms with E-state index in [0.29, 0.717) is 19.3 Å². The fraction of sp³-hybridized carbons (Fsp3) is 0.968. The van der Waals surface area contributed by atoms with Crippen molar-refractivity contribution in [2.24, 2.45) is 5.92 Å². The van der Waals surface area contributed by atoms with Crippen LogP contribution >= 0.6 is 7.82 Å². The summed E-state index contributed by atoms with van der Waals surface area (Å²) in [5.74, 6) is 0.199. The zero-order valence-electron chi connectivity index (χ0n) is 26.0. The Bertz CT molecular complexity index is 593. The predicted octanol–water partition coefficient (Wildman–Crippen LogP) is 9.24. The average molecular weight is 563 g/mol. The molecule has 0 aromatic carbocycles. The van der Waals surface area contributed by atoms with Gasteiger partial charge in [-0.15, -0.1) is 0 Å². The van der Waals surface area contributed by atoms with Crippen LogP contribution in [0.25, 0.3) is 0 Å². The van der Waals surface area contributed by atoms with Gasteiger partial charge in [0, 0.05) is 19.3 Å². The van der Waals surface area contributed by atoms with Crippen LogP contribution in [-0.4, -0.2) is 56.1 Å². The summed E-state index contributed by atoms with van der Waals surface area (Å²) in [4.78, 5) is 22.3. The minimum absolute atomic E-state index is 0.0176. The molecular weight excluding hydrogens is 497 g/mol. The molecule has 0 aliphatic rings. The lowest BCUT2D eigenvalue weighted by Gasteiger charge is -2.24. The van der Waals surface area contributed by atoms with Gasteiger partial charge < -0.3 is 9.38 Å². The summed E-state index contributed by atoms with van der Waals surface area (Å²) in [6.45, 7) is 5.44. The van der Waals surface area contributed by atoms with Gasteiger partial charge in [0.2, 0.25) is 0 Å². The minimum atomic E-state index is -4.08. The van der Waals surface area contributed by atoms with Gasteiger partial charge in [-0.05, 0) is 18.8 Å². The number of quaternary nitrogens is 1. The Morgan fingerprint density at radius 2 is 1.18 bits per heavy atom. The lowest BCUT2D eigenvalue weighted by Crippen LogP contribution is -2.35. The molecule has 1 N–H and O–H groups in total. The maximum atomic E-state index is 12.3. The standard InChI is InChI=1S/C31H64NO5P/c1-6-8-9-10-11-12-13-14-15-16-17-18-19-20-21-22-25-30(28-31(33)24-7-2)29-37-38(34,35)36-27-23-26-32(3,4)5/h30H,6-29H2,1-5H3/p+1. The van der Waals surface area contributed by atoms with Crippen molar-refractivity contribution in [1.29, 1.82) is 0 Å². The zero-order chi connectivity index (χ0) is 28.5. The Morgan fingerprint density at radius 3 is 1.63 bits per heavy atom. The van der Waals surface area contributed by atoms with Crippen molar-refractivity contribution in [2.75, 3.05) is 40.9 Å². The molecule has 38 heavy (non-hydrogen) atoms. The normalized spacial score (nSPS) is 14.5. The number of nitrogens with zero attached hydrogens (tertiary/aromatic N) is 1. The highest BCUT2D eigenvalue weighted by atomic mass is 31.2. The minimum Gasteiger partial charge on any atom is -0.331 e. The van der Waals surface area contributed by atoms with E-state index in [1.54, 1.807) is 0 Å². The number of carbonyl (C=O) groups is 1. The van der Waals surface area contributed by atoms with E-state index < -0.39 is 7.82 Å². The summed E-state index contributed by atoms with van der Waals surface area (Å²) < 4.78 is 23.5. The third-order valence-corrected chi connectivity index (χ3v) is 8.20. The second kappa shape index (κ2) is 24.5. The van der Waals surface area contributed by atoms with Gasteiger partial charge in [0.25, 0.3) is 0 Å². The van der Waals surface area contributed by atoms with E-state index in [2.05, 4.69) is 28.1 Å². The quantitative estimate of drug-likeness (QED) is 0.0559. The highest BCUT2D eigenvalue weighted by Gasteiger charge is 2.24. The molecule has 0 aliphatic heterocycles. The Hall–Kier alpha value is -0.260. The molecule has 0 aliphatic carbocycles. The van der Waals surface area contributed by atoms with Crippen LogP contribution in [0.4, 0.5) is 0 Å². The lowest BCUT2D eigenvalue weighted by molar-refractivity contribution is -0.870. The zero-order valence-corrected chi connectivity index (χ0v) is 26.9. The number of Topliss-reactive ketones (excluding diaryl/α,β-unsaturated/α-hetero) is 1. The molecule has 0 radical (unpaired) electrons.